The van der Waals surface area contributed by atoms with Crippen molar-refractivity contribution < 1.29 is 4.74 Å². The number of rotatable bonds is 8. The quantitative estimate of drug-likeness (QED) is 0.586. The molecule has 1 aromatic carbocycles. The van der Waals surface area contributed by atoms with Crippen molar-refractivity contribution in [3.63, 3.8) is 0 Å². The SMILES string of the molecule is CCC(C)c1ccccc1OCCC(C)CCCl. The standard InChI is InChI=1S/C16H25ClO/c1-4-14(3)15-7-5-6-8-16(15)18-12-10-13(2)9-11-17/h5-8,13-14H,4,9-12H2,1-3H3. The number of benzene rings is 1. The Morgan fingerprint density at radius 3 is 2.56 bits per heavy atom. The molecule has 0 aliphatic carbocycles. The highest BCUT2D eigenvalue weighted by Gasteiger charge is 2.09. The van der Waals surface area contributed by atoms with Crippen LogP contribution in [-0.4, -0.2) is 12.5 Å². The summed E-state index contributed by atoms with van der Waals surface area (Å²) in [6.45, 7) is 7.47. The summed E-state index contributed by atoms with van der Waals surface area (Å²) < 4.78 is 5.93. The van der Waals surface area contributed by atoms with E-state index < -0.39 is 0 Å². The zero-order chi connectivity index (χ0) is 13.4. The summed E-state index contributed by atoms with van der Waals surface area (Å²) in [5, 5.41) is 0. The highest BCUT2D eigenvalue weighted by Crippen LogP contribution is 2.28. The average molecular weight is 269 g/mol. The van der Waals surface area contributed by atoms with E-state index in [0.717, 1.165) is 37.5 Å². The van der Waals surface area contributed by atoms with E-state index in [9.17, 15) is 0 Å². The van der Waals surface area contributed by atoms with Gasteiger partial charge in [0.1, 0.15) is 5.75 Å². The maximum absolute atomic E-state index is 5.93. The molecule has 0 aromatic heterocycles. The molecule has 1 rings (SSSR count). The third kappa shape index (κ3) is 4.89. The molecule has 2 heteroatoms. The summed E-state index contributed by atoms with van der Waals surface area (Å²) >= 11 is 5.74. The second-order valence-electron chi connectivity index (χ2n) is 5.07. The van der Waals surface area contributed by atoms with Gasteiger partial charge in [-0.2, -0.15) is 0 Å². The predicted molar refractivity (Wildman–Crippen MR) is 79.8 cm³/mol. The molecule has 0 amide bonds. The van der Waals surface area contributed by atoms with Gasteiger partial charge >= 0.3 is 0 Å². The minimum Gasteiger partial charge on any atom is -0.493 e. The molecule has 0 saturated carbocycles. The molecule has 0 fully saturated rings. The molecule has 0 heterocycles. The highest BCUT2D eigenvalue weighted by atomic mass is 35.5. The van der Waals surface area contributed by atoms with Crippen molar-refractivity contribution in [2.45, 2.75) is 46.0 Å². The summed E-state index contributed by atoms with van der Waals surface area (Å²) in [7, 11) is 0. The maximum Gasteiger partial charge on any atom is 0.122 e. The van der Waals surface area contributed by atoms with Crippen molar-refractivity contribution in [3.05, 3.63) is 29.8 Å². The van der Waals surface area contributed by atoms with Gasteiger partial charge in [0.05, 0.1) is 6.61 Å². The average Bonchev–Trinajstić information content (AvgIpc) is 2.39. The lowest BCUT2D eigenvalue weighted by atomic mass is 9.98. The van der Waals surface area contributed by atoms with Crippen molar-refractivity contribution in [2.24, 2.45) is 5.92 Å². The molecular formula is C16H25ClO. The predicted octanol–water partition coefficient (Wildman–Crippen LogP) is 5.23. The van der Waals surface area contributed by atoms with Crippen LogP contribution in [0.1, 0.15) is 51.5 Å². The van der Waals surface area contributed by atoms with Gasteiger partial charge in [-0.05, 0) is 42.7 Å². The van der Waals surface area contributed by atoms with E-state index in [2.05, 4.69) is 39.0 Å². The summed E-state index contributed by atoms with van der Waals surface area (Å²) in [4.78, 5) is 0. The normalized spacial score (nSPS) is 14.2. The van der Waals surface area contributed by atoms with E-state index in [-0.39, 0.29) is 0 Å². The van der Waals surface area contributed by atoms with E-state index in [1.165, 1.54) is 5.56 Å². The van der Waals surface area contributed by atoms with Gasteiger partial charge in [-0.15, -0.1) is 11.6 Å². The number of hydrogen-bond acceptors (Lipinski definition) is 1. The smallest absolute Gasteiger partial charge is 0.122 e. The Morgan fingerprint density at radius 1 is 1.17 bits per heavy atom. The first kappa shape index (κ1) is 15.4. The van der Waals surface area contributed by atoms with Crippen LogP contribution in [0.15, 0.2) is 24.3 Å². The minimum atomic E-state index is 0.557. The van der Waals surface area contributed by atoms with Crippen LogP contribution in [0.2, 0.25) is 0 Å². The fraction of sp³-hybridized carbons (Fsp3) is 0.625. The van der Waals surface area contributed by atoms with Gasteiger partial charge in [0.2, 0.25) is 0 Å². The molecule has 0 bridgehead atoms. The molecular weight excluding hydrogens is 244 g/mol. The minimum absolute atomic E-state index is 0.557. The lowest BCUT2D eigenvalue weighted by Gasteiger charge is -2.16. The van der Waals surface area contributed by atoms with Crippen LogP contribution in [0, 0.1) is 5.92 Å². The zero-order valence-corrected chi connectivity index (χ0v) is 12.5. The molecule has 18 heavy (non-hydrogen) atoms. The first-order valence-electron chi connectivity index (χ1n) is 6.96. The van der Waals surface area contributed by atoms with E-state index in [0.29, 0.717) is 11.8 Å². The van der Waals surface area contributed by atoms with Gasteiger partial charge in [-0.1, -0.05) is 39.0 Å². The number of alkyl halides is 1. The van der Waals surface area contributed by atoms with Crippen molar-refractivity contribution in [1.82, 2.24) is 0 Å². The fourth-order valence-electron chi connectivity index (χ4n) is 1.94. The lowest BCUT2D eigenvalue weighted by Crippen LogP contribution is -2.06. The maximum atomic E-state index is 5.93. The van der Waals surface area contributed by atoms with Crippen LogP contribution in [0.25, 0.3) is 0 Å². The van der Waals surface area contributed by atoms with E-state index in [4.69, 9.17) is 16.3 Å². The Morgan fingerprint density at radius 2 is 1.89 bits per heavy atom. The summed E-state index contributed by atoms with van der Waals surface area (Å²) in [6, 6.07) is 8.38. The molecule has 0 N–H and O–H groups in total. The topological polar surface area (TPSA) is 9.23 Å². The molecule has 0 aliphatic rings. The van der Waals surface area contributed by atoms with Crippen LogP contribution in [0.3, 0.4) is 0 Å². The Kier molecular flexibility index (Phi) is 7.19. The molecule has 0 aliphatic heterocycles. The van der Waals surface area contributed by atoms with E-state index >= 15 is 0 Å². The fourth-order valence-corrected chi connectivity index (χ4v) is 2.31. The molecule has 0 radical (unpaired) electrons. The molecule has 0 spiro atoms. The molecule has 0 saturated heterocycles. The number of halogens is 1. The summed E-state index contributed by atoms with van der Waals surface area (Å²) in [5.41, 5.74) is 1.32. The third-order valence-corrected chi connectivity index (χ3v) is 3.75. The van der Waals surface area contributed by atoms with Gasteiger partial charge in [-0.25, -0.2) is 0 Å². The first-order chi connectivity index (χ1) is 8.69. The number of para-hydroxylation sites is 1. The molecule has 102 valence electrons. The molecule has 1 nitrogen and oxygen atoms in total. The highest BCUT2D eigenvalue weighted by molar-refractivity contribution is 6.17. The van der Waals surface area contributed by atoms with Crippen LogP contribution in [0.4, 0.5) is 0 Å². The Bertz CT molecular complexity index is 338. The molecule has 2 unspecified atom stereocenters. The van der Waals surface area contributed by atoms with Crippen LogP contribution >= 0.6 is 11.6 Å². The zero-order valence-electron chi connectivity index (χ0n) is 11.8. The Hall–Kier alpha value is -0.690. The van der Waals surface area contributed by atoms with Crippen molar-refractivity contribution in [1.29, 1.82) is 0 Å². The van der Waals surface area contributed by atoms with Crippen molar-refractivity contribution in [2.75, 3.05) is 12.5 Å². The Balaban J connectivity index is 2.51. The van der Waals surface area contributed by atoms with Gasteiger partial charge < -0.3 is 4.74 Å². The number of ether oxygens (including phenoxy) is 1. The monoisotopic (exact) mass is 268 g/mol. The number of hydrogen-bond donors (Lipinski definition) is 0. The van der Waals surface area contributed by atoms with Gasteiger partial charge in [0.15, 0.2) is 0 Å². The van der Waals surface area contributed by atoms with Crippen molar-refractivity contribution >= 4 is 11.6 Å². The van der Waals surface area contributed by atoms with Gasteiger partial charge in [-0.3, -0.25) is 0 Å². The second-order valence-corrected chi connectivity index (χ2v) is 5.45. The first-order valence-corrected chi connectivity index (χ1v) is 7.50. The van der Waals surface area contributed by atoms with Gasteiger partial charge in [0, 0.05) is 5.88 Å². The summed E-state index contributed by atoms with van der Waals surface area (Å²) in [5.74, 6) is 2.98. The van der Waals surface area contributed by atoms with Gasteiger partial charge in [0.25, 0.3) is 0 Å². The van der Waals surface area contributed by atoms with Crippen molar-refractivity contribution in [3.8, 4) is 5.75 Å². The molecule has 2 atom stereocenters. The summed E-state index contributed by atoms with van der Waals surface area (Å²) in [6.07, 6.45) is 3.28. The largest absolute Gasteiger partial charge is 0.493 e. The van der Waals surface area contributed by atoms with E-state index in [1.807, 2.05) is 6.07 Å². The van der Waals surface area contributed by atoms with Crippen LogP contribution in [0.5, 0.6) is 5.75 Å². The Labute approximate surface area is 116 Å². The third-order valence-electron chi connectivity index (χ3n) is 3.53. The van der Waals surface area contributed by atoms with Crippen LogP contribution in [-0.2, 0) is 0 Å². The lowest BCUT2D eigenvalue weighted by molar-refractivity contribution is 0.278. The van der Waals surface area contributed by atoms with E-state index in [1.54, 1.807) is 0 Å². The van der Waals surface area contributed by atoms with Crippen LogP contribution < -0.4 is 4.74 Å². The molecule has 1 aromatic rings. The second kappa shape index (κ2) is 8.42.